The Bertz CT molecular complexity index is 1810. The minimum absolute atomic E-state index is 0.200. The maximum absolute atomic E-state index is 14.1. The molecule has 5 rings (SSSR count). The summed E-state index contributed by atoms with van der Waals surface area (Å²) in [6.07, 6.45) is 3.03. The van der Waals surface area contributed by atoms with Gasteiger partial charge >= 0.3 is 5.97 Å². The van der Waals surface area contributed by atoms with Gasteiger partial charge in [0.15, 0.2) is 9.89 Å². The third-order valence-corrected chi connectivity index (χ3v) is 9.60. The lowest BCUT2D eigenvalue weighted by Crippen LogP contribution is -2.40. The molecule has 0 N–H and O–H groups in total. The van der Waals surface area contributed by atoms with Gasteiger partial charge in [0.05, 0.1) is 34.0 Å². The summed E-state index contributed by atoms with van der Waals surface area (Å²) in [5.74, 6) is 0.568. The Morgan fingerprint density at radius 2 is 1.95 bits per heavy atom. The molecular formula is C30H26Br2N2O5S2. The highest BCUT2D eigenvalue weighted by Gasteiger charge is 2.36. The first-order valence-electron chi connectivity index (χ1n) is 12.9. The molecule has 0 fully saturated rings. The van der Waals surface area contributed by atoms with Gasteiger partial charge < -0.3 is 13.9 Å². The van der Waals surface area contributed by atoms with Crippen molar-refractivity contribution >= 4 is 67.0 Å². The number of ether oxygens (including phenoxy) is 2. The predicted molar refractivity (Wildman–Crippen MR) is 167 cm³/mol. The summed E-state index contributed by atoms with van der Waals surface area (Å²) in [5, 5.41) is 0.682. The molecule has 0 unspecified atom stereocenters. The second kappa shape index (κ2) is 13.0. The lowest BCUT2D eigenvalue weighted by molar-refractivity contribution is -0.139. The number of hydrogen-bond donors (Lipinski definition) is 0. The van der Waals surface area contributed by atoms with Gasteiger partial charge in [-0.25, -0.2) is 9.79 Å². The van der Waals surface area contributed by atoms with Crippen LogP contribution in [-0.2, 0) is 9.53 Å². The lowest BCUT2D eigenvalue weighted by Gasteiger charge is -2.27. The predicted octanol–water partition coefficient (Wildman–Crippen LogP) is 6.86. The van der Waals surface area contributed by atoms with E-state index < -0.39 is 12.0 Å². The monoisotopic (exact) mass is 716 g/mol. The van der Waals surface area contributed by atoms with E-state index in [1.165, 1.54) is 23.1 Å². The molecule has 0 bridgehead atoms. The number of carbonyl (C=O) groups is 1. The van der Waals surface area contributed by atoms with E-state index in [1.54, 1.807) is 24.7 Å². The quantitative estimate of drug-likeness (QED) is 0.176. The van der Waals surface area contributed by atoms with Gasteiger partial charge in [-0.05, 0) is 65.7 Å². The summed E-state index contributed by atoms with van der Waals surface area (Å²) in [6, 6.07) is 16.5. The molecule has 212 valence electrons. The number of furan rings is 1. The molecule has 1 atom stereocenters. The summed E-state index contributed by atoms with van der Waals surface area (Å²) >= 11 is 9.87. The minimum Gasteiger partial charge on any atom is -0.496 e. The molecule has 3 heterocycles. The number of benzene rings is 2. The average molecular weight is 718 g/mol. The second-order valence-electron chi connectivity index (χ2n) is 9.00. The Labute approximate surface area is 261 Å². The van der Waals surface area contributed by atoms with Gasteiger partial charge in [0.2, 0.25) is 0 Å². The number of thiazole rings is 1. The summed E-state index contributed by atoms with van der Waals surface area (Å²) < 4.78 is 20.8. The third-order valence-electron chi connectivity index (χ3n) is 6.28. The standard InChI is InChI=1S/C30H26Br2N2O5S2/c1-4-9-22-25(28(36)38-5-2)26(20-14-17(31)12-13-23(20)37-3)34-27(35)24(41-30(34)33-22)16-18-15-21(32)29(39-18)40-19-10-7-6-8-11-19/h6-8,10-16,26H,4-5,9H2,1-3H3/b24-16+/t26-/m1/s1. The maximum Gasteiger partial charge on any atom is 0.338 e. The van der Waals surface area contributed by atoms with Crippen LogP contribution in [0.3, 0.4) is 0 Å². The van der Waals surface area contributed by atoms with Gasteiger partial charge in [0.1, 0.15) is 17.6 Å². The van der Waals surface area contributed by atoms with Crippen molar-refractivity contribution in [2.75, 3.05) is 13.7 Å². The summed E-state index contributed by atoms with van der Waals surface area (Å²) in [4.78, 5) is 33.8. The van der Waals surface area contributed by atoms with Gasteiger partial charge in [-0.15, -0.1) is 0 Å². The van der Waals surface area contributed by atoms with Crippen molar-refractivity contribution in [2.45, 2.75) is 42.7 Å². The molecule has 0 amide bonds. The zero-order valence-electron chi connectivity index (χ0n) is 22.5. The highest BCUT2D eigenvalue weighted by atomic mass is 79.9. The van der Waals surface area contributed by atoms with Crippen LogP contribution in [0.15, 0.2) is 99.0 Å². The van der Waals surface area contributed by atoms with E-state index in [2.05, 4.69) is 31.9 Å². The number of esters is 1. The topological polar surface area (TPSA) is 83.0 Å². The van der Waals surface area contributed by atoms with Crippen LogP contribution >= 0.6 is 55.0 Å². The highest BCUT2D eigenvalue weighted by molar-refractivity contribution is 9.10. The fourth-order valence-corrected chi connectivity index (χ4v) is 7.30. The molecule has 7 nitrogen and oxygen atoms in total. The smallest absolute Gasteiger partial charge is 0.338 e. The van der Waals surface area contributed by atoms with Crippen molar-refractivity contribution in [1.29, 1.82) is 0 Å². The lowest BCUT2D eigenvalue weighted by atomic mass is 9.93. The number of rotatable bonds is 9. The average Bonchev–Trinajstić information content (AvgIpc) is 3.46. The molecule has 4 aromatic rings. The third kappa shape index (κ3) is 6.18. The normalized spacial score (nSPS) is 15.0. The molecule has 1 aliphatic rings. The molecule has 2 aromatic carbocycles. The van der Waals surface area contributed by atoms with Crippen molar-refractivity contribution in [1.82, 2.24) is 4.57 Å². The van der Waals surface area contributed by atoms with E-state index in [-0.39, 0.29) is 12.2 Å². The number of hydrogen-bond acceptors (Lipinski definition) is 8. The summed E-state index contributed by atoms with van der Waals surface area (Å²) in [5.41, 5.74) is 1.31. The first-order valence-corrected chi connectivity index (χ1v) is 16.1. The number of fused-ring (bicyclic) bond motifs is 1. The van der Waals surface area contributed by atoms with E-state index in [1.807, 2.05) is 61.5 Å². The molecule has 2 aromatic heterocycles. The number of halogens is 2. The van der Waals surface area contributed by atoms with Crippen LogP contribution in [0.25, 0.3) is 6.08 Å². The minimum atomic E-state index is -0.783. The summed E-state index contributed by atoms with van der Waals surface area (Å²) in [6.45, 7) is 3.98. The fourth-order valence-electron chi connectivity index (χ4n) is 4.57. The van der Waals surface area contributed by atoms with Crippen LogP contribution in [0, 0.1) is 0 Å². The van der Waals surface area contributed by atoms with E-state index in [9.17, 15) is 9.59 Å². The van der Waals surface area contributed by atoms with Gasteiger partial charge in [-0.2, -0.15) is 0 Å². The second-order valence-corrected chi connectivity index (χ2v) is 12.8. The van der Waals surface area contributed by atoms with Crippen molar-refractivity contribution in [3.05, 3.63) is 106 Å². The van der Waals surface area contributed by atoms with Crippen molar-refractivity contribution < 1.29 is 18.7 Å². The van der Waals surface area contributed by atoms with Crippen molar-refractivity contribution in [2.24, 2.45) is 4.99 Å². The van der Waals surface area contributed by atoms with Crippen LogP contribution in [-0.4, -0.2) is 24.3 Å². The van der Waals surface area contributed by atoms with Crippen LogP contribution in [0.1, 0.15) is 44.1 Å². The molecule has 0 spiro atoms. The maximum atomic E-state index is 14.1. The highest BCUT2D eigenvalue weighted by Crippen LogP contribution is 2.39. The Morgan fingerprint density at radius 1 is 1.17 bits per heavy atom. The van der Waals surface area contributed by atoms with Crippen LogP contribution in [0.2, 0.25) is 0 Å². The van der Waals surface area contributed by atoms with Crippen molar-refractivity contribution in [3.63, 3.8) is 0 Å². The SMILES string of the molecule is CCCC1=C(C(=O)OCC)[C@@H](c2cc(Br)ccc2OC)n2c(s/c(=C/c3cc(Br)c(Sc4ccccc4)o3)c2=O)=N1. The number of aromatic nitrogens is 1. The van der Waals surface area contributed by atoms with Gasteiger partial charge in [-0.1, -0.05) is 70.6 Å². The van der Waals surface area contributed by atoms with Crippen LogP contribution < -0.4 is 19.6 Å². The zero-order valence-corrected chi connectivity index (χ0v) is 27.3. The Hall–Kier alpha value is -2.86. The van der Waals surface area contributed by atoms with E-state index >= 15 is 0 Å². The molecule has 0 saturated heterocycles. The van der Waals surface area contributed by atoms with Gasteiger partial charge in [0.25, 0.3) is 5.56 Å². The van der Waals surface area contributed by atoms with Gasteiger partial charge in [0, 0.05) is 21.0 Å². The Balaban J connectivity index is 1.69. The number of methoxy groups -OCH3 is 1. The zero-order chi connectivity index (χ0) is 29.1. The molecule has 0 aliphatic carbocycles. The van der Waals surface area contributed by atoms with Crippen LogP contribution in [0.4, 0.5) is 0 Å². The largest absolute Gasteiger partial charge is 0.496 e. The molecular weight excluding hydrogens is 692 g/mol. The number of carbonyl (C=O) groups excluding carboxylic acids is 1. The molecule has 0 radical (unpaired) electrons. The van der Waals surface area contributed by atoms with E-state index in [0.29, 0.717) is 49.2 Å². The van der Waals surface area contributed by atoms with Gasteiger partial charge in [-0.3, -0.25) is 9.36 Å². The first kappa shape index (κ1) is 29.6. The summed E-state index contributed by atoms with van der Waals surface area (Å²) in [7, 11) is 1.57. The fraction of sp³-hybridized carbons (Fsp3) is 0.233. The molecule has 1 aliphatic heterocycles. The first-order chi connectivity index (χ1) is 19.8. The molecule has 11 heteroatoms. The van der Waals surface area contributed by atoms with Crippen LogP contribution in [0.5, 0.6) is 5.75 Å². The molecule has 41 heavy (non-hydrogen) atoms. The number of allylic oxidation sites excluding steroid dienone is 1. The number of nitrogens with zero attached hydrogens (tertiary/aromatic N) is 2. The molecule has 0 saturated carbocycles. The van der Waals surface area contributed by atoms with E-state index in [0.717, 1.165) is 20.3 Å². The Kier molecular flexibility index (Phi) is 9.38. The Morgan fingerprint density at radius 3 is 2.66 bits per heavy atom. The van der Waals surface area contributed by atoms with E-state index in [4.69, 9.17) is 18.9 Å². The van der Waals surface area contributed by atoms with Crippen molar-refractivity contribution in [3.8, 4) is 5.75 Å².